The number of ether oxygens (including phenoxy) is 1. The molecule has 0 atom stereocenters. The molecule has 0 radical (unpaired) electrons. The first-order chi connectivity index (χ1) is 11.0. The number of carbonyl (C=O) groups is 2. The second-order valence-electron chi connectivity index (χ2n) is 5.15. The van der Waals surface area contributed by atoms with E-state index in [1.807, 2.05) is 4.90 Å². The molecule has 2 amide bonds. The van der Waals surface area contributed by atoms with E-state index in [1.54, 1.807) is 18.0 Å². The molecule has 23 heavy (non-hydrogen) atoms. The quantitative estimate of drug-likeness (QED) is 0.869. The number of piperazine rings is 1. The summed E-state index contributed by atoms with van der Waals surface area (Å²) in [6, 6.07) is 5.76. The lowest BCUT2D eigenvalue weighted by atomic mass is 10.1. The number of benzene rings is 1. The average Bonchev–Trinajstić information content (AvgIpc) is 2.54. The van der Waals surface area contributed by atoms with Crippen LogP contribution < -0.4 is 10.1 Å². The van der Waals surface area contributed by atoms with Gasteiger partial charge in [-0.15, -0.1) is 0 Å². The number of hydrogen-bond donors (Lipinski definition) is 1. The Morgan fingerprint density at radius 1 is 1.26 bits per heavy atom. The summed E-state index contributed by atoms with van der Waals surface area (Å²) in [6.45, 7) is -0.478. The van der Waals surface area contributed by atoms with Crippen LogP contribution >= 0.6 is 0 Å². The van der Waals surface area contributed by atoms with Crippen LogP contribution in [0.1, 0.15) is 10.4 Å². The molecule has 0 bridgehead atoms. The van der Waals surface area contributed by atoms with Gasteiger partial charge in [0.1, 0.15) is 5.75 Å². The molecular weight excluding hydrogens is 308 g/mol. The van der Waals surface area contributed by atoms with E-state index in [9.17, 15) is 18.4 Å². The van der Waals surface area contributed by atoms with E-state index in [0.717, 1.165) is 0 Å². The zero-order chi connectivity index (χ0) is 16.8. The fraction of sp³-hybridized carbons (Fsp3) is 0.467. The molecule has 1 aromatic carbocycles. The number of amides is 2. The van der Waals surface area contributed by atoms with Crippen LogP contribution in [-0.4, -0.2) is 68.0 Å². The van der Waals surface area contributed by atoms with Crippen LogP contribution in [0.25, 0.3) is 0 Å². The molecule has 1 aliphatic heterocycles. The summed E-state index contributed by atoms with van der Waals surface area (Å²) < 4.78 is 28.8. The fourth-order valence-corrected chi connectivity index (χ4v) is 2.38. The third-order valence-corrected chi connectivity index (χ3v) is 3.61. The van der Waals surface area contributed by atoms with Gasteiger partial charge >= 0.3 is 6.61 Å². The lowest BCUT2D eigenvalue weighted by Crippen LogP contribution is -2.50. The van der Waals surface area contributed by atoms with Crippen molar-refractivity contribution in [2.45, 2.75) is 6.61 Å². The first-order valence-electron chi connectivity index (χ1n) is 7.26. The van der Waals surface area contributed by atoms with Gasteiger partial charge in [-0.25, -0.2) is 0 Å². The zero-order valence-corrected chi connectivity index (χ0v) is 12.8. The first-order valence-corrected chi connectivity index (χ1v) is 7.26. The van der Waals surface area contributed by atoms with Crippen molar-refractivity contribution in [3.05, 3.63) is 29.8 Å². The summed E-state index contributed by atoms with van der Waals surface area (Å²) in [5.41, 5.74) is 0.308. The summed E-state index contributed by atoms with van der Waals surface area (Å²) in [4.78, 5) is 27.3. The lowest BCUT2D eigenvalue weighted by molar-refractivity contribution is -0.122. The number of likely N-dealkylation sites (N-methyl/N-ethyl adjacent to an activating group) is 1. The maximum atomic E-state index is 12.4. The molecule has 1 saturated heterocycles. The molecule has 2 rings (SSSR count). The molecule has 6 nitrogen and oxygen atoms in total. The summed E-state index contributed by atoms with van der Waals surface area (Å²) in [5.74, 6) is -0.338. The molecule has 1 N–H and O–H groups in total. The minimum Gasteiger partial charge on any atom is -0.435 e. The van der Waals surface area contributed by atoms with E-state index in [0.29, 0.717) is 38.3 Å². The predicted molar refractivity (Wildman–Crippen MR) is 79.5 cm³/mol. The van der Waals surface area contributed by atoms with Crippen molar-refractivity contribution in [3.8, 4) is 5.75 Å². The van der Waals surface area contributed by atoms with Crippen LogP contribution in [0.4, 0.5) is 8.78 Å². The van der Waals surface area contributed by atoms with Gasteiger partial charge in [-0.05, 0) is 18.2 Å². The standard InChI is InChI=1S/C15H19F2N3O3/c1-18-13(21)10-19-5-7-20(8-6-19)14(22)11-3-2-4-12(9-11)23-15(16)17/h2-4,9,15H,5-8,10H2,1H3,(H,18,21). The number of carbonyl (C=O) groups excluding carboxylic acids is 2. The highest BCUT2D eigenvalue weighted by Crippen LogP contribution is 2.18. The van der Waals surface area contributed by atoms with Gasteiger partial charge in [0.25, 0.3) is 5.91 Å². The van der Waals surface area contributed by atoms with E-state index in [-0.39, 0.29) is 17.6 Å². The largest absolute Gasteiger partial charge is 0.435 e. The average molecular weight is 327 g/mol. The van der Waals surface area contributed by atoms with Crippen molar-refractivity contribution in [1.29, 1.82) is 0 Å². The number of alkyl halides is 2. The highest BCUT2D eigenvalue weighted by atomic mass is 19.3. The Balaban J connectivity index is 1.93. The Kier molecular flexibility index (Phi) is 5.86. The SMILES string of the molecule is CNC(=O)CN1CCN(C(=O)c2cccc(OC(F)F)c2)CC1. The third kappa shape index (κ3) is 4.88. The highest BCUT2D eigenvalue weighted by Gasteiger charge is 2.23. The van der Waals surface area contributed by atoms with Gasteiger partial charge in [0, 0.05) is 38.8 Å². The number of nitrogens with one attached hydrogen (secondary N) is 1. The van der Waals surface area contributed by atoms with Crippen molar-refractivity contribution in [3.63, 3.8) is 0 Å². The van der Waals surface area contributed by atoms with E-state index in [2.05, 4.69) is 10.1 Å². The summed E-state index contributed by atoms with van der Waals surface area (Å²) >= 11 is 0. The van der Waals surface area contributed by atoms with E-state index >= 15 is 0 Å². The monoisotopic (exact) mass is 327 g/mol. The molecule has 0 aliphatic carbocycles. The van der Waals surface area contributed by atoms with Crippen molar-refractivity contribution >= 4 is 11.8 Å². The molecular formula is C15H19F2N3O3. The lowest BCUT2D eigenvalue weighted by Gasteiger charge is -2.34. The number of rotatable bonds is 5. The molecule has 0 aromatic heterocycles. The Bertz CT molecular complexity index is 561. The van der Waals surface area contributed by atoms with Crippen LogP contribution in [0, 0.1) is 0 Å². The van der Waals surface area contributed by atoms with Crippen molar-refractivity contribution in [1.82, 2.24) is 15.1 Å². The zero-order valence-electron chi connectivity index (χ0n) is 12.8. The van der Waals surface area contributed by atoms with Crippen LogP contribution in [-0.2, 0) is 4.79 Å². The van der Waals surface area contributed by atoms with Crippen LogP contribution in [0.15, 0.2) is 24.3 Å². The van der Waals surface area contributed by atoms with E-state index in [1.165, 1.54) is 18.2 Å². The Morgan fingerprint density at radius 3 is 2.57 bits per heavy atom. The number of halogens is 2. The maximum Gasteiger partial charge on any atom is 0.387 e. The maximum absolute atomic E-state index is 12.4. The Morgan fingerprint density at radius 2 is 1.96 bits per heavy atom. The summed E-state index contributed by atoms with van der Waals surface area (Å²) in [6.07, 6.45) is 0. The third-order valence-electron chi connectivity index (χ3n) is 3.61. The second-order valence-corrected chi connectivity index (χ2v) is 5.15. The normalized spacial score (nSPS) is 15.6. The smallest absolute Gasteiger partial charge is 0.387 e. The minimum absolute atomic E-state index is 0.0379. The molecule has 126 valence electrons. The van der Waals surface area contributed by atoms with Gasteiger partial charge in [-0.1, -0.05) is 6.07 Å². The number of nitrogens with zero attached hydrogens (tertiary/aromatic N) is 2. The molecule has 0 saturated carbocycles. The second kappa shape index (κ2) is 7.87. The Labute approximate surface area is 133 Å². The van der Waals surface area contributed by atoms with E-state index < -0.39 is 6.61 Å². The fourth-order valence-electron chi connectivity index (χ4n) is 2.38. The molecule has 0 spiro atoms. The Hall–Kier alpha value is -2.22. The first kappa shape index (κ1) is 17.1. The van der Waals surface area contributed by atoms with Gasteiger partial charge in [-0.3, -0.25) is 14.5 Å². The van der Waals surface area contributed by atoms with Gasteiger partial charge in [0.15, 0.2) is 0 Å². The van der Waals surface area contributed by atoms with Gasteiger partial charge in [0.05, 0.1) is 6.54 Å². The van der Waals surface area contributed by atoms with Gasteiger partial charge < -0.3 is 15.0 Å². The van der Waals surface area contributed by atoms with E-state index in [4.69, 9.17) is 0 Å². The topological polar surface area (TPSA) is 61.9 Å². The molecule has 1 aromatic rings. The number of hydrogen-bond acceptors (Lipinski definition) is 4. The van der Waals surface area contributed by atoms with Crippen LogP contribution in [0.5, 0.6) is 5.75 Å². The summed E-state index contributed by atoms with van der Waals surface area (Å²) in [7, 11) is 1.58. The van der Waals surface area contributed by atoms with Crippen molar-refractivity contribution < 1.29 is 23.1 Å². The van der Waals surface area contributed by atoms with Crippen molar-refractivity contribution in [2.75, 3.05) is 39.8 Å². The molecule has 0 unspecified atom stereocenters. The molecule has 8 heteroatoms. The van der Waals surface area contributed by atoms with Crippen LogP contribution in [0.2, 0.25) is 0 Å². The van der Waals surface area contributed by atoms with Crippen LogP contribution in [0.3, 0.4) is 0 Å². The summed E-state index contributed by atoms with van der Waals surface area (Å²) in [5, 5.41) is 2.56. The van der Waals surface area contributed by atoms with Gasteiger partial charge in [0.2, 0.25) is 5.91 Å². The molecule has 1 fully saturated rings. The molecule has 1 heterocycles. The minimum atomic E-state index is -2.92. The highest BCUT2D eigenvalue weighted by molar-refractivity contribution is 5.94. The van der Waals surface area contributed by atoms with Crippen molar-refractivity contribution in [2.24, 2.45) is 0 Å². The predicted octanol–water partition coefficient (Wildman–Crippen LogP) is 0.792. The van der Waals surface area contributed by atoms with Gasteiger partial charge in [-0.2, -0.15) is 8.78 Å². The molecule has 1 aliphatic rings.